The highest BCUT2D eigenvalue weighted by atomic mass is 16.5. The first-order valence-corrected chi connectivity index (χ1v) is 5.71. The Hall–Kier alpha value is -1.26. The average Bonchev–Trinajstić information content (AvgIpc) is 2.36. The van der Waals surface area contributed by atoms with Crippen LogP contribution in [0.1, 0.15) is 5.56 Å². The van der Waals surface area contributed by atoms with E-state index in [0.717, 1.165) is 30.0 Å². The van der Waals surface area contributed by atoms with Gasteiger partial charge in [-0.3, -0.25) is 0 Å². The zero-order valence-electron chi connectivity index (χ0n) is 10.8. The molecule has 0 aliphatic rings. The number of nitrogens with zero attached hydrogens (tertiary/aromatic N) is 1. The highest BCUT2D eigenvalue weighted by molar-refractivity contribution is 5.40. The van der Waals surface area contributed by atoms with Gasteiger partial charge in [0.15, 0.2) is 0 Å². The molecule has 0 bridgehead atoms. The van der Waals surface area contributed by atoms with E-state index < -0.39 is 0 Å². The monoisotopic (exact) mass is 239 g/mol. The minimum Gasteiger partial charge on any atom is -0.497 e. The Morgan fingerprint density at radius 3 is 2.53 bits per heavy atom. The molecule has 0 atom stereocenters. The van der Waals surface area contributed by atoms with E-state index in [-0.39, 0.29) is 6.61 Å². The molecule has 0 spiro atoms. The lowest BCUT2D eigenvalue weighted by Gasteiger charge is -2.16. The van der Waals surface area contributed by atoms with Gasteiger partial charge in [0.1, 0.15) is 11.5 Å². The Kier molecular flexibility index (Phi) is 5.80. The van der Waals surface area contributed by atoms with Gasteiger partial charge >= 0.3 is 0 Å². The van der Waals surface area contributed by atoms with Crippen molar-refractivity contribution in [2.24, 2.45) is 0 Å². The molecule has 0 radical (unpaired) electrons. The number of hydrogen-bond donors (Lipinski definition) is 1. The Bertz CT molecular complexity index is 341. The quantitative estimate of drug-likeness (QED) is 0.775. The number of ether oxygens (including phenoxy) is 2. The lowest BCUT2D eigenvalue weighted by molar-refractivity contribution is 0.222. The predicted octanol–water partition coefficient (Wildman–Crippen LogP) is 1.17. The zero-order chi connectivity index (χ0) is 12.7. The van der Waals surface area contributed by atoms with E-state index in [1.54, 1.807) is 14.2 Å². The van der Waals surface area contributed by atoms with Crippen molar-refractivity contribution in [2.75, 3.05) is 41.0 Å². The summed E-state index contributed by atoms with van der Waals surface area (Å²) < 4.78 is 10.5. The van der Waals surface area contributed by atoms with Crippen LogP contribution in [0.3, 0.4) is 0 Å². The summed E-state index contributed by atoms with van der Waals surface area (Å²) in [6.07, 6.45) is 0.872. The van der Waals surface area contributed by atoms with E-state index in [4.69, 9.17) is 14.6 Å². The Morgan fingerprint density at radius 2 is 1.94 bits per heavy atom. The van der Waals surface area contributed by atoms with E-state index >= 15 is 0 Å². The third-order valence-electron chi connectivity index (χ3n) is 2.73. The maximum absolute atomic E-state index is 8.83. The molecule has 0 aliphatic heterocycles. The average molecular weight is 239 g/mol. The number of benzene rings is 1. The van der Waals surface area contributed by atoms with Gasteiger partial charge in [-0.25, -0.2) is 0 Å². The third-order valence-corrected chi connectivity index (χ3v) is 2.73. The van der Waals surface area contributed by atoms with Gasteiger partial charge in [-0.05, 0) is 37.2 Å². The van der Waals surface area contributed by atoms with Crippen LogP contribution in [0.15, 0.2) is 18.2 Å². The number of rotatable bonds is 7. The van der Waals surface area contributed by atoms with Crippen LogP contribution in [0, 0.1) is 0 Å². The van der Waals surface area contributed by atoms with Gasteiger partial charge in [0.05, 0.1) is 20.8 Å². The lowest BCUT2D eigenvalue weighted by Crippen LogP contribution is -2.24. The molecule has 4 nitrogen and oxygen atoms in total. The summed E-state index contributed by atoms with van der Waals surface area (Å²) >= 11 is 0. The summed E-state index contributed by atoms with van der Waals surface area (Å²) in [7, 11) is 5.31. The third kappa shape index (κ3) is 4.24. The number of likely N-dealkylation sites (N-methyl/N-ethyl adjacent to an activating group) is 1. The topological polar surface area (TPSA) is 41.9 Å². The summed E-state index contributed by atoms with van der Waals surface area (Å²) in [5.41, 5.74) is 1.12. The largest absolute Gasteiger partial charge is 0.497 e. The molecule has 0 fully saturated rings. The summed E-state index contributed by atoms with van der Waals surface area (Å²) in [4.78, 5) is 2.08. The van der Waals surface area contributed by atoms with Gasteiger partial charge < -0.3 is 19.5 Å². The Labute approximate surface area is 103 Å². The van der Waals surface area contributed by atoms with E-state index in [1.165, 1.54) is 0 Å². The fourth-order valence-electron chi connectivity index (χ4n) is 1.67. The summed E-state index contributed by atoms with van der Waals surface area (Å²) in [5, 5.41) is 8.83. The predicted molar refractivity (Wildman–Crippen MR) is 67.8 cm³/mol. The number of aliphatic hydroxyl groups is 1. The van der Waals surface area contributed by atoms with Crippen molar-refractivity contribution >= 4 is 0 Å². The van der Waals surface area contributed by atoms with Crippen LogP contribution in [-0.2, 0) is 6.42 Å². The Morgan fingerprint density at radius 1 is 1.18 bits per heavy atom. The van der Waals surface area contributed by atoms with Crippen molar-refractivity contribution in [1.82, 2.24) is 4.90 Å². The van der Waals surface area contributed by atoms with Crippen molar-refractivity contribution in [3.8, 4) is 11.5 Å². The van der Waals surface area contributed by atoms with Crippen LogP contribution in [-0.4, -0.2) is 51.0 Å². The lowest BCUT2D eigenvalue weighted by atomic mass is 10.1. The zero-order valence-corrected chi connectivity index (χ0v) is 10.8. The highest BCUT2D eigenvalue weighted by Crippen LogP contribution is 2.24. The van der Waals surface area contributed by atoms with E-state index in [1.807, 2.05) is 25.2 Å². The van der Waals surface area contributed by atoms with E-state index in [2.05, 4.69) is 4.90 Å². The molecule has 0 amide bonds. The first kappa shape index (κ1) is 13.8. The first-order chi connectivity index (χ1) is 8.21. The molecule has 4 heteroatoms. The second kappa shape index (κ2) is 7.14. The first-order valence-electron chi connectivity index (χ1n) is 5.71. The molecule has 0 unspecified atom stereocenters. The molecule has 0 aromatic heterocycles. The van der Waals surface area contributed by atoms with Crippen LogP contribution in [0.5, 0.6) is 11.5 Å². The van der Waals surface area contributed by atoms with Crippen molar-refractivity contribution in [2.45, 2.75) is 6.42 Å². The van der Waals surface area contributed by atoms with Gasteiger partial charge in [0.2, 0.25) is 0 Å². The summed E-state index contributed by atoms with van der Waals surface area (Å²) in [6.45, 7) is 1.75. The van der Waals surface area contributed by atoms with Crippen LogP contribution in [0.2, 0.25) is 0 Å². The molecule has 1 rings (SSSR count). The molecule has 1 aromatic carbocycles. The van der Waals surface area contributed by atoms with Crippen molar-refractivity contribution in [1.29, 1.82) is 0 Å². The Balaban J connectivity index is 2.67. The highest BCUT2D eigenvalue weighted by Gasteiger charge is 2.06. The van der Waals surface area contributed by atoms with E-state index in [0.29, 0.717) is 6.54 Å². The molecule has 0 heterocycles. The second-order valence-electron chi connectivity index (χ2n) is 3.95. The maximum atomic E-state index is 8.83. The molecule has 96 valence electrons. The van der Waals surface area contributed by atoms with Crippen LogP contribution >= 0.6 is 0 Å². The molecule has 1 N–H and O–H groups in total. The standard InChI is InChI=1S/C13H21NO3/c1-14(8-9-15)7-6-11-10-12(16-2)4-5-13(11)17-3/h4-5,10,15H,6-9H2,1-3H3. The minimum absolute atomic E-state index is 0.186. The molecule has 0 aliphatic carbocycles. The van der Waals surface area contributed by atoms with Gasteiger partial charge in [-0.15, -0.1) is 0 Å². The second-order valence-corrected chi connectivity index (χ2v) is 3.95. The van der Waals surface area contributed by atoms with Crippen molar-refractivity contribution in [3.63, 3.8) is 0 Å². The van der Waals surface area contributed by atoms with Crippen LogP contribution in [0.4, 0.5) is 0 Å². The van der Waals surface area contributed by atoms with Gasteiger partial charge in [-0.2, -0.15) is 0 Å². The summed E-state index contributed by atoms with van der Waals surface area (Å²) in [5.74, 6) is 1.72. The van der Waals surface area contributed by atoms with Gasteiger partial charge in [0.25, 0.3) is 0 Å². The normalized spacial score (nSPS) is 10.6. The fourth-order valence-corrected chi connectivity index (χ4v) is 1.67. The SMILES string of the molecule is COc1ccc(OC)c(CCN(C)CCO)c1. The van der Waals surface area contributed by atoms with Crippen LogP contribution < -0.4 is 9.47 Å². The smallest absolute Gasteiger partial charge is 0.122 e. The summed E-state index contributed by atoms with van der Waals surface area (Å²) in [6, 6.07) is 5.80. The van der Waals surface area contributed by atoms with Crippen molar-refractivity contribution < 1.29 is 14.6 Å². The number of aliphatic hydroxyl groups excluding tert-OH is 1. The van der Waals surface area contributed by atoms with Gasteiger partial charge in [-0.1, -0.05) is 0 Å². The van der Waals surface area contributed by atoms with Crippen molar-refractivity contribution in [3.05, 3.63) is 23.8 Å². The molecule has 0 saturated carbocycles. The number of hydrogen-bond acceptors (Lipinski definition) is 4. The maximum Gasteiger partial charge on any atom is 0.122 e. The van der Waals surface area contributed by atoms with Gasteiger partial charge in [0, 0.05) is 13.1 Å². The number of methoxy groups -OCH3 is 2. The molecule has 17 heavy (non-hydrogen) atoms. The fraction of sp³-hybridized carbons (Fsp3) is 0.538. The molecular weight excluding hydrogens is 218 g/mol. The molecular formula is C13H21NO3. The minimum atomic E-state index is 0.186. The molecule has 0 saturated heterocycles. The molecule has 1 aromatic rings. The van der Waals surface area contributed by atoms with Crippen LogP contribution in [0.25, 0.3) is 0 Å². The van der Waals surface area contributed by atoms with E-state index in [9.17, 15) is 0 Å².